The van der Waals surface area contributed by atoms with Crippen LogP contribution in [0.2, 0.25) is 0 Å². The largest absolute Gasteiger partial charge is 0.435 e. The van der Waals surface area contributed by atoms with E-state index in [0.29, 0.717) is 0 Å². The average Bonchev–Trinajstić information content (AvgIpc) is 2.56. The summed E-state index contributed by atoms with van der Waals surface area (Å²) in [6, 6.07) is 0. The van der Waals surface area contributed by atoms with E-state index in [9.17, 15) is 40.5 Å². The Morgan fingerprint density at radius 1 is 0.750 bits per heavy atom. The molecule has 12 heteroatoms. The van der Waals surface area contributed by atoms with Gasteiger partial charge in [0.2, 0.25) is 6.29 Å². The lowest BCUT2D eigenvalue weighted by Gasteiger charge is -2.41. The first-order valence-electron chi connectivity index (χ1n) is 7.06. The van der Waals surface area contributed by atoms with Gasteiger partial charge in [0.25, 0.3) is 6.47 Å². The Morgan fingerprint density at radius 2 is 1.33 bits per heavy atom. The second kappa shape index (κ2) is 7.97. The van der Waals surface area contributed by atoms with Crippen molar-refractivity contribution < 1.29 is 59.5 Å². The van der Waals surface area contributed by atoms with Crippen molar-refractivity contribution in [3.8, 4) is 0 Å². The number of ether oxygens (including phenoxy) is 4. The molecule has 12 nitrogen and oxygen atoms in total. The highest BCUT2D eigenvalue weighted by molar-refractivity contribution is 5.37. The van der Waals surface area contributed by atoms with Crippen molar-refractivity contribution in [2.75, 3.05) is 6.61 Å². The van der Waals surface area contributed by atoms with E-state index in [-0.39, 0.29) is 6.47 Å². The Morgan fingerprint density at radius 3 is 1.96 bits per heavy atom. The maximum atomic E-state index is 10.3. The fourth-order valence-electron chi connectivity index (χ4n) is 2.38. The second-order valence-electron chi connectivity index (χ2n) is 5.45. The Labute approximate surface area is 135 Å². The lowest BCUT2D eigenvalue weighted by molar-refractivity contribution is -0.351. The molecule has 0 aromatic carbocycles. The molecule has 10 unspecified atom stereocenters. The van der Waals surface area contributed by atoms with Gasteiger partial charge < -0.3 is 54.7 Å². The molecule has 2 aliphatic rings. The zero-order valence-corrected chi connectivity index (χ0v) is 12.2. The van der Waals surface area contributed by atoms with Crippen molar-refractivity contribution in [1.82, 2.24) is 0 Å². The molecule has 140 valence electrons. The standard InChI is InChI=1S/C12H20O12/c13-2-22-12-9(19)6(16)8(18)11(24-12)21-1-3-4(14)5(15)7(17)10(20)23-3/h2-12,14-20H,1H2. The molecule has 2 saturated heterocycles. The van der Waals surface area contributed by atoms with E-state index < -0.39 is 68.2 Å². The van der Waals surface area contributed by atoms with Gasteiger partial charge in [0, 0.05) is 0 Å². The quantitative estimate of drug-likeness (QED) is 0.231. The Bertz CT molecular complexity index is 421. The molecule has 0 aromatic rings. The molecule has 2 fully saturated rings. The van der Waals surface area contributed by atoms with Gasteiger partial charge in [0.1, 0.15) is 42.7 Å². The number of carbonyl (C=O) groups is 1. The Balaban J connectivity index is 1.96. The molecule has 0 radical (unpaired) electrons. The molecule has 0 aromatic heterocycles. The van der Waals surface area contributed by atoms with Gasteiger partial charge >= 0.3 is 0 Å². The summed E-state index contributed by atoms with van der Waals surface area (Å²) in [7, 11) is 0. The molecule has 2 heterocycles. The van der Waals surface area contributed by atoms with Crippen molar-refractivity contribution in [3.63, 3.8) is 0 Å². The molecule has 0 amide bonds. The van der Waals surface area contributed by atoms with Crippen LogP contribution >= 0.6 is 0 Å². The summed E-state index contributed by atoms with van der Waals surface area (Å²) >= 11 is 0. The second-order valence-corrected chi connectivity index (χ2v) is 5.45. The molecular weight excluding hydrogens is 336 g/mol. The fourth-order valence-corrected chi connectivity index (χ4v) is 2.38. The third-order valence-electron chi connectivity index (χ3n) is 3.83. The predicted octanol–water partition coefficient (Wildman–Crippen LogP) is -5.26. The van der Waals surface area contributed by atoms with Gasteiger partial charge in [0.05, 0.1) is 6.61 Å². The van der Waals surface area contributed by atoms with Crippen LogP contribution in [0.3, 0.4) is 0 Å². The fraction of sp³-hybridized carbons (Fsp3) is 0.917. The van der Waals surface area contributed by atoms with Crippen LogP contribution in [0.4, 0.5) is 0 Å². The third kappa shape index (κ3) is 3.83. The zero-order valence-electron chi connectivity index (χ0n) is 12.2. The normalized spacial score (nSPS) is 49.6. The molecule has 2 rings (SSSR count). The summed E-state index contributed by atoms with van der Waals surface area (Å²) in [5, 5.41) is 67.1. The van der Waals surface area contributed by atoms with Gasteiger partial charge in [-0.1, -0.05) is 0 Å². The summed E-state index contributed by atoms with van der Waals surface area (Å²) in [6.45, 7) is -0.558. The van der Waals surface area contributed by atoms with E-state index in [0.717, 1.165) is 0 Å². The van der Waals surface area contributed by atoms with Crippen LogP contribution in [-0.2, 0) is 23.7 Å². The molecule has 0 saturated carbocycles. The van der Waals surface area contributed by atoms with Crippen molar-refractivity contribution >= 4 is 6.47 Å². The topological polar surface area (TPSA) is 196 Å². The van der Waals surface area contributed by atoms with Crippen molar-refractivity contribution in [2.24, 2.45) is 0 Å². The number of hydrogen-bond acceptors (Lipinski definition) is 12. The summed E-state index contributed by atoms with van der Waals surface area (Å²) < 4.78 is 19.4. The molecule has 0 spiro atoms. The van der Waals surface area contributed by atoms with Crippen LogP contribution in [0.25, 0.3) is 0 Å². The van der Waals surface area contributed by atoms with Crippen LogP contribution in [-0.4, -0.2) is 110 Å². The number of aliphatic hydroxyl groups excluding tert-OH is 7. The predicted molar refractivity (Wildman–Crippen MR) is 68.7 cm³/mol. The maximum Gasteiger partial charge on any atom is 0.295 e. The average molecular weight is 356 g/mol. The lowest BCUT2D eigenvalue weighted by atomic mass is 9.99. The van der Waals surface area contributed by atoms with Crippen LogP contribution < -0.4 is 0 Å². The van der Waals surface area contributed by atoms with E-state index in [1.807, 2.05) is 0 Å². The minimum Gasteiger partial charge on any atom is -0.435 e. The number of aliphatic hydroxyl groups is 7. The highest BCUT2D eigenvalue weighted by Crippen LogP contribution is 2.25. The van der Waals surface area contributed by atoms with Gasteiger partial charge in [-0.05, 0) is 0 Å². The summed E-state index contributed by atoms with van der Waals surface area (Å²) in [5.74, 6) is 0. The van der Waals surface area contributed by atoms with Gasteiger partial charge in [-0.25, -0.2) is 0 Å². The first-order valence-corrected chi connectivity index (χ1v) is 7.06. The zero-order chi connectivity index (χ0) is 18.0. The highest BCUT2D eigenvalue weighted by Gasteiger charge is 2.47. The minimum atomic E-state index is -1.77. The van der Waals surface area contributed by atoms with Gasteiger partial charge in [-0.3, -0.25) is 4.79 Å². The Kier molecular flexibility index (Phi) is 6.44. The number of carbonyl (C=O) groups excluding carboxylic acids is 1. The smallest absolute Gasteiger partial charge is 0.295 e. The van der Waals surface area contributed by atoms with E-state index in [2.05, 4.69) is 4.74 Å². The van der Waals surface area contributed by atoms with Crippen LogP contribution in [0.5, 0.6) is 0 Å². The summed E-state index contributed by atoms with van der Waals surface area (Å²) in [6.07, 6.45) is -16.4. The van der Waals surface area contributed by atoms with E-state index in [1.165, 1.54) is 0 Å². The van der Waals surface area contributed by atoms with Crippen LogP contribution in [0, 0.1) is 0 Å². The monoisotopic (exact) mass is 356 g/mol. The minimum absolute atomic E-state index is 0.0303. The van der Waals surface area contributed by atoms with Crippen molar-refractivity contribution in [3.05, 3.63) is 0 Å². The van der Waals surface area contributed by atoms with Crippen molar-refractivity contribution in [1.29, 1.82) is 0 Å². The summed E-state index contributed by atoms with van der Waals surface area (Å²) in [4.78, 5) is 10.3. The van der Waals surface area contributed by atoms with Gasteiger partial charge in [0.15, 0.2) is 12.6 Å². The highest BCUT2D eigenvalue weighted by atomic mass is 16.8. The van der Waals surface area contributed by atoms with Gasteiger partial charge in [-0.2, -0.15) is 0 Å². The molecular formula is C12H20O12. The molecule has 0 bridgehead atoms. The Hall–Kier alpha value is -0.930. The van der Waals surface area contributed by atoms with Gasteiger partial charge in [-0.15, -0.1) is 0 Å². The molecule has 7 N–H and O–H groups in total. The van der Waals surface area contributed by atoms with Crippen molar-refractivity contribution in [2.45, 2.75) is 61.6 Å². The van der Waals surface area contributed by atoms with E-state index in [4.69, 9.17) is 14.2 Å². The molecule has 0 aliphatic carbocycles. The molecule has 24 heavy (non-hydrogen) atoms. The van der Waals surface area contributed by atoms with E-state index in [1.54, 1.807) is 0 Å². The number of rotatable bonds is 5. The molecule has 10 atom stereocenters. The maximum absolute atomic E-state index is 10.3. The van der Waals surface area contributed by atoms with Crippen LogP contribution in [0.15, 0.2) is 0 Å². The first-order chi connectivity index (χ1) is 11.3. The first kappa shape index (κ1) is 19.4. The number of hydrogen-bond donors (Lipinski definition) is 7. The molecule has 2 aliphatic heterocycles. The third-order valence-corrected chi connectivity index (χ3v) is 3.83. The SMILES string of the molecule is O=COC1OC(OCC2OC(O)C(O)C(O)C2O)C(O)C(O)C1O. The van der Waals surface area contributed by atoms with Crippen LogP contribution in [0.1, 0.15) is 0 Å². The van der Waals surface area contributed by atoms with E-state index >= 15 is 0 Å². The summed E-state index contributed by atoms with van der Waals surface area (Å²) in [5.41, 5.74) is 0. The lowest BCUT2D eigenvalue weighted by Crippen LogP contribution is -2.61.